The van der Waals surface area contributed by atoms with E-state index in [9.17, 15) is 9.59 Å². The van der Waals surface area contributed by atoms with Gasteiger partial charge in [-0.1, -0.05) is 18.9 Å². The standard InChI is InChI=1S/C31H47N5O5/c1-31(2,3)41-28(37)20-22(14-15-35-18-16-34(4)17-19-35)32-30(38)24-21-25(36(33-24)23-10-7-8-11-23)29-26(39-5)12-9-13-27(29)40-6/h9,12-13,21-23H,7-8,10-11,14-20H2,1-6H3,(H,32,38)/t22-/m0/s1. The van der Waals surface area contributed by atoms with Crippen LogP contribution in [0.25, 0.3) is 11.3 Å². The quantitative estimate of drug-likeness (QED) is 0.403. The zero-order chi connectivity index (χ0) is 29.6. The monoisotopic (exact) mass is 569 g/mol. The molecular formula is C31H47N5O5. The van der Waals surface area contributed by atoms with Crippen LogP contribution < -0.4 is 14.8 Å². The molecular weight excluding hydrogens is 522 g/mol. The SMILES string of the molecule is COc1cccc(OC)c1-c1cc(C(=O)N[C@@H](CCN2CCN(C)CC2)CC(=O)OC(C)(C)C)nn1C1CCCC1. The van der Waals surface area contributed by atoms with Crippen LogP contribution in [0.5, 0.6) is 11.5 Å². The van der Waals surface area contributed by atoms with Crippen LogP contribution in [0.4, 0.5) is 0 Å². The summed E-state index contributed by atoms with van der Waals surface area (Å²) in [4.78, 5) is 31.2. The first-order chi connectivity index (χ1) is 19.6. The van der Waals surface area contributed by atoms with E-state index in [1.54, 1.807) is 14.2 Å². The summed E-state index contributed by atoms with van der Waals surface area (Å²) in [6.07, 6.45) is 5.00. The Kier molecular flexibility index (Phi) is 10.3. The van der Waals surface area contributed by atoms with Crippen molar-refractivity contribution in [1.29, 1.82) is 0 Å². The van der Waals surface area contributed by atoms with Crippen LogP contribution in [0, 0.1) is 0 Å². The minimum absolute atomic E-state index is 0.104. The van der Waals surface area contributed by atoms with E-state index in [-0.39, 0.29) is 30.4 Å². The average Bonchev–Trinajstić information content (AvgIpc) is 3.61. The predicted molar refractivity (Wildman–Crippen MR) is 159 cm³/mol. The maximum absolute atomic E-state index is 13.7. The van der Waals surface area contributed by atoms with E-state index in [1.807, 2.05) is 49.7 Å². The minimum atomic E-state index is -0.591. The van der Waals surface area contributed by atoms with E-state index in [0.29, 0.717) is 23.6 Å². The lowest BCUT2D eigenvalue weighted by Gasteiger charge is -2.33. The van der Waals surface area contributed by atoms with Crippen molar-refractivity contribution in [2.75, 3.05) is 54.0 Å². The first kappa shape index (κ1) is 30.8. The summed E-state index contributed by atoms with van der Waals surface area (Å²) in [5, 5.41) is 7.95. The maximum Gasteiger partial charge on any atom is 0.308 e. The molecule has 0 radical (unpaired) electrons. The Morgan fingerprint density at radius 3 is 2.27 bits per heavy atom. The molecule has 2 aliphatic rings. The fourth-order valence-corrected chi connectivity index (χ4v) is 5.70. The van der Waals surface area contributed by atoms with Gasteiger partial charge in [0.2, 0.25) is 0 Å². The molecule has 10 nitrogen and oxygen atoms in total. The predicted octanol–water partition coefficient (Wildman–Crippen LogP) is 4.15. The minimum Gasteiger partial charge on any atom is -0.496 e. The molecule has 4 rings (SSSR count). The van der Waals surface area contributed by atoms with Gasteiger partial charge in [-0.2, -0.15) is 5.10 Å². The number of carbonyl (C=O) groups excluding carboxylic acids is 2. The molecule has 2 fully saturated rings. The number of piperazine rings is 1. The zero-order valence-electron chi connectivity index (χ0n) is 25.6. The van der Waals surface area contributed by atoms with E-state index < -0.39 is 5.60 Å². The second-order valence-electron chi connectivity index (χ2n) is 12.2. The summed E-state index contributed by atoms with van der Waals surface area (Å²) in [6, 6.07) is 7.29. The summed E-state index contributed by atoms with van der Waals surface area (Å²) in [5.74, 6) is 0.691. The molecule has 226 valence electrons. The first-order valence-corrected chi connectivity index (χ1v) is 14.8. The van der Waals surface area contributed by atoms with Crippen LogP contribution in [-0.4, -0.2) is 97.1 Å². The van der Waals surface area contributed by atoms with Crippen LogP contribution in [0.3, 0.4) is 0 Å². The van der Waals surface area contributed by atoms with Crippen LogP contribution in [0.2, 0.25) is 0 Å². The molecule has 1 saturated heterocycles. The third-order valence-electron chi connectivity index (χ3n) is 7.88. The molecule has 2 heterocycles. The first-order valence-electron chi connectivity index (χ1n) is 14.8. The zero-order valence-corrected chi connectivity index (χ0v) is 25.6. The topological polar surface area (TPSA) is 98.2 Å². The molecule has 1 aliphatic heterocycles. The van der Waals surface area contributed by atoms with E-state index >= 15 is 0 Å². The fourth-order valence-electron chi connectivity index (χ4n) is 5.70. The largest absolute Gasteiger partial charge is 0.496 e. The van der Waals surface area contributed by atoms with E-state index in [0.717, 1.165) is 69.7 Å². The number of ether oxygens (including phenoxy) is 3. The van der Waals surface area contributed by atoms with E-state index in [1.165, 1.54) is 0 Å². The third-order valence-corrected chi connectivity index (χ3v) is 7.88. The van der Waals surface area contributed by atoms with Crippen molar-refractivity contribution in [2.24, 2.45) is 0 Å². The second kappa shape index (κ2) is 13.7. The van der Waals surface area contributed by atoms with Crippen molar-refractivity contribution in [3.63, 3.8) is 0 Å². The Morgan fingerprint density at radius 2 is 1.68 bits per heavy atom. The van der Waals surface area contributed by atoms with Crippen LogP contribution in [-0.2, 0) is 9.53 Å². The van der Waals surface area contributed by atoms with Gasteiger partial charge in [-0.05, 0) is 65.3 Å². The lowest BCUT2D eigenvalue weighted by molar-refractivity contribution is -0.155. The van der Waals surface area contributed by atoms with Crippen LogP contribution in [0.1, 0.15) is 75.8 Å². The Morgan fingerprint density at radius 1 is 1.05 bits per heavy atom. The Balaban J connectivity index is 1.59. The molecule has 1 aromatic carbocycles. The number of nitrogens with one attached hydrogen (secondary N) is 1. The molecule has 1 aromatic heterocycles. The number of aromatic nitrogens is 2. The average molecular weight is 570 g/mol. The number of likely N-dealkylation sites (N-methyl/N-ethyl adjacent to an activating group) is 1. The van der Waals surface area contributed by atoms with Gasteiger partial charge >= 0.3 is 5.97 Å². The highest BCUT2D eigenvalue weighted by molar-refractivity contribution is 5.94. The van der Waals surface area contributed by atoms with Crippen molar-refractivity contribution in [3.05, 3.63) is 30.0 Å². The molecule has 41 heavy (non-hydrogen) atoms. The van der Waals surface area contributed by atoms with Gasteiger partial charge < -0.3 is 29.3 Å². The molecule has 0 bridgehead atoms. The van der Waals surface area contributed by atoms with Crippen molar-refractivity contribution in [1.82, 2.24) is 24.9 Å². The van der Waals surface area contributed by atoms with Gasteiger partial charge in [-0.15, -0.1) is 0 Å². The normalized spacial score (nSPS) is 17.8. The van der Waals surface area contributed by atoms with Crippen LogP contribution >= 0.6 is 0 Å². The number of hydrogen-bond acceptors (Lipinski definition) is 8. The molecule has 1 N–H and O–H groups in total. The number of methoxy groups -OCH3 is 2. The lowest BCUT2D eigenvalue weighted by atomic mass is 10.1. The summed E-state index contributed by atoms with van der Waals surface area (Å²) >= 11 is 0. The number of rotatable bonds is 11. The van der Waals surface area contributed by atoms with Gasteiger partial charge in [0, 0.05) is 38.8 Å². The Bertz CT molecular complexity index is 1150. The number of nitrogens with zero attached hydrogens (tertiary/aromatic N) is 4. The molecule has 2 aromatic rings. The summed E-state index contributed by atoms with van der Waals surface area (Å²) in [5.41, 5.74) is 1.29. The van der Waals surface area contributed by atoms with Gasteiger partial charge in [0.15, 0.2) is 5.69 Å². The number of esters is 1. The second-order valence-corrected chi connectivity index (χ2v) is 12.2. The molecule has 1 atom stereocenters. The van der Waals surface area contributed by atoms with Crippen molar-refractivity contribution < 1.29 is 23.8 Å². The maximum atomic E-state index is 13.7. The van der Waals surface area contributed by atoms with E-state index in [2.05, 4.69) is 22.2 Å². The van der Waals surface area contributed by atoms with Gasteiger partial charge in [0.25, 0.3) is 5.91 Å². The van der Waals surface area contributed by atoms with Gasteiger partial charge in [0.05, 0.1) is 37.9 Å². The van der Waals surface area contributed by atoms with Crippen molar-refractivity contribution >= 4 is 11.9 Å². The molecule has 1 saturated carbocycles. The number of benzene rings is 1. The number of hydrogen-bond donors (Lipinski definition) is 1. The third kappa shape index (κ3) is 8.23. The summed E-state index contributed by atoms with van der Waals surface area (Å²) in [7, 11) is 5.38. The molecule has 1 amide bonds. The van der Waals surface area contributed by atoms with Gasteiger partial charge in [-0.3, -0.25) is 14.3 Å². The lowest BCUT2D eigenvalue weighted by Crippen LogP contribution is -2.46. The molecule has 10 heteroatoms. The highest BCUT2D eigenvalue weighted by atomic mass is 16.6. The Labute approximate surface area is 244 Å². The van der Waals surface area contributed by atoms with Crippen molar-refractivity contribution in [2.45, 2.75) is 77.0 Å². The molecule has 0 unspecified atom stereocenters. The smallest absolute Gasteiger partial charge is 0.308 e. The van der Waals surface area contributed by atoms with Gasteiger partial charge in [-0.25, -0.2) is 0 Å². The summed E-state index contributed by atoms with van der Waals surface area (Å²) < 4.78 is 19.0. The number of carbonyl (C=O) groups is 2. The van der Waals surface area contributed by atoms with E-state index in [4.69, 9.17) is 19.3 Å². The van der Waals surface area contributed by atoms with Crippen molar-refractivity contribution in [3.8, 4) is 22.8 Å². The Hall–Kier alpha value is -3.11. The molecule has 0 spiro atoms. The van der Waals surface area contributed by atoms with Crippen LogP contribution in [0.15, 0.2) is 24.3 Å². The highest BCUT2D eigenvalue weighted by Crippen LogP contribution is 2.41. The fraction of sp³-hybridized carbons (Fsp3) is 0.645. The highest BCUT2D eigenvalue weighted by Gasteiger charge is 2.29. The summed E-state index contributed by atoms with van der Waals surface area (Å²) in [6.45, 7) is 10.3. The number of amides is 1. The van der Waals surface area contributed by atoms with Gasteiger partial charge in [0.1, 0.15) is 17.1 Å². The molecule has 1 aliphatic carbocycles.